The molecule has 1 heterocycles. The van der Waals surface area contributed by atoms with Crippen LogP contribution < -0.4 is 9.47 Å². The Morgan fingerprint density at radius 2 is 2.06 bits per heavy atom. The summed E-state index contributed by atoms with van der Waals surface area (Å²) < 4.78 is 12.3. The van der Waals surface area contributed by atoms with Gasteiger partial charge in [0.2, 0.25) is 0 Å². The van der Waals surface area contributed by atoms with Gasteiger partial charge in [-0.3, -0.25) is 0 Å². The molecule has 0 unspecified atom stereocenters. The monoisotopic (exact) mass is 390 g/mol. The van der Waals surface area contributed by atoms with E-state index >= 15 is 0 Å². The number of hydrogen-bond donors (Lipinski definition) is 0. The summed E-state index contributed by atoms with van der Waals surface area (Å²) in [6.45, 7) is 0.552. The zero-order valence-electron chi connectivity index (χ0n) is 9.78. The minimum atomic E-state index is 0.552. The van der Waals surface area contributed by atoms with E-state index in [2.05, 4.69) is 37.9 Å². The third kappa shape index (κ3) is 3.28. The van der Waals surface area contributed by atoms with Gasteiger partial charge in [-0.05, 0) is 34.1 Å². The third-order valence-electron chi connectivity index (χ3n) is 2.41. The largest absolute Gasteiger partial charge is 0.493 e. The minimum absolute atomic E-state index is 0.552. The maximum Gasteiger partial charge on any atom is 0.165 e. The van der Waals surface area contributed by atoms with Gasteiger partial charge in [0.25, 0.3) is 0 Å². The van der Waals surface area contributed by atoms with Crippen molar-refractivity contribution in [2.24, 2.45) is 0 Å². The molecule has 0 aliphatic heterocycles. The van der Waals surface area contributed by atoms with Gasteiger partial charge in [0.1, 0.15) is 6.61 Å². The van der Waals surface area contributed by atoms with Crippen LogP contribution in [0.1, 0.15) is 10.4 Å². The number of benzene rings is 1. The lowest BCUT2D eigenvalue weighted by molar-refractivity contribution is 0.285. The maximum absolute atomic E-state index is 5.88. The molecule has 96 valence electrons. The van der Waals surface area contributed by atoms with Gasteiger partial charge < -0.3 is 9.47 Å². The molecule has 0 aliphatic rings. The molecule has 0 amide bonds. The van der Waals surface area contributed by atoms with E-state index in [1.54, 1.807) is 18.4 Å². The van der Waals surface area contributed by atoms with Crippen molar-refractivity contribution in [3.63, 3.8) is 0 Å². The SMILES string of the molecule is COc1cccc(CBr)c1OCc1ccc(Br)s1. The second-order valence-electron chi connectivity index (χ2n) is 3.58. The number of halogens is 2. The molecule has 1 aromatic heterocycles. The Labute approximate surface area is 127 Å². The molecule has 0 N–H and O–H groups in total. The lowest BCUT2D eigenvalue weighted by Gasteiger charge is -2.13. The molecule has 1 aromatic carbocycles. The van der Waals surface area contributed by atoms with Crippen molar-refractivity contribution < 1.29 is 9.47 Å². The van der Waals surface area contributed by atoms with Crippen molar-refractivity contribution in [1.29, 1.82) is 0 Å². The summed E-state index contributed by atoms with van der Waals surface area (Å²) in [5.74, 6) is 1.57. The first kappa shape index (κ1) is 13.9. The fraction of sp³-hybridized carbons (Fsp3) is 0.231. The fourth-order valence-corrected chi connectivity index (χ4v) is 3.40. The van der Waals surface area contributed by atoms with Gasteiger partial charge >= 0.3 is 0 Å². The number of hydrogen-bond acceptors (Lipinski definition) is 3. The number of thiophene rings is 1. The standard InChI is InChI=1S/C13H12Br2O2S/c1-16-11-4-2-3-9(7-14)13(11)17-8-10-5-6-12(15)18-10/h2-6H,7-8H2,1H3. The van der Waals surface area contributed by atoms with Crippen molar-refractivity contribution in [3.8, 4) is 11.5 Å². The summed E-state index contributed by atoms with van der Waals surface area (Å²) in [6.07, 6.45) is 0. The Morgan fingerprint density at radius 1 is 1.22 bits per heavy atom. The molecular weight excluding hydrogens is 380 g/mol. The molecule has 2 aromatic rings. The molecule has 5 heteroatoms. The van der Waals surface area contributed by atoms with Gasteiger partial charge in [-0.1, -0.05) is 28.1 Å². The van der Waals surface area contributed by atoms with Gasteiger partial charge in [-0.2, -0.15) is 0 Å². The van der Waals surface area contributed by atoms with E-state index in [-0.39, 0.29) is 0 Å². The average Bonchev–Trinajstić information content (AvgIpc) is 2.81. The van der Waals surface area contributed by atoms with Crippen LogP contribution in [0.25, 0.3) is 0 Å². The highest BCUT2D eigenvalue weighted by molar-refractivity contribution is 9.11. The van der Waals surface area contributed by atoms with Crippen LogP contribution in [0.2, 0.25) is 0 Å². The summed E-state index contributed by atoms with van der Waals surface area (Å²) in [7, 11) is 1.65. The molecule has 0 spiro atoms. The smallest absolute Gasteiger partial charge is 0.165 e. The van der Waals surface area contributed by atoms with Crippen LogP contribution >= 0.6 is 43.2 Å². The number of ether oxygens (including phenoxy) is 2. The molecule has 0 aliphatic carbocycles. The second kappa shape index (κ2) is 6.59. The highest BCUT2D eigenvalue weighted by atomic mass is 79.9. The second-order valence-corrected chi connectivity index (χ2v) is 6.68. The topological polar surface area (TPSA) is 18.5 Å². The van der Waals surface area contributed by atoms with E-state index < -0.39 is 0 Å². The van der Waals surface area contributed by atoms with Crippen LogP contribution in [0.4, 0.5) is 0 Å². The number of alkyl halides is 1. The normalized spacial score (nSPS) is 10.4. The van der Waals surface area contributed by atoms with Gasteiger partial charge in [0, 0.05) is 15.8 Å². The summed E-state index contributed by atoms with van der Waals surface area (Å²) >= 11 is 8.58. The number of rotatable bonds is 5. The average molecular weight is 392 g/mol. The Balaban J connectivity index is 2.17. The lowest BCUT2D eigenvalue weighted by atomic mass is 10.2. The molecule has 0 bridgehead atoms. The van der Waals surface area contributed by atoms with Crippen LogP contribution in [0.15, 0.2) is 34.1 Å². The zero-order valence-corrected chi connectivity index (χ0v) is 13.8. The Hall–Kier alpha value is -0.520. The van der Waals surface area contributed by atoms with E-state index in [4.69, 9.17) is 9.47 Å². The fourth-order valence-electron chi connectivity index (χ4n) is 1.56. The molecule has 0 fully saturated rings. The van der Waals surface area contributed by atoms with Crippen LogP contribution in [-0.2, 0) is 11.9 Å². The Morgan fingerprint density at radius 3 is 2.67 bits per heavy atom. The highest BCUT2D eigenvalue weighted by Gasteiger charge is 2.10. The molecule has 18 heavy (non-hydrogen) atoms. The van der Waals surface area contributed by atoms with Crippen LogP contribution in [0.5, 0.6) is 11.5 Å². The molecule has 2 rings (SSSR count). The van der Waals surface area contributed by atoms with E-state index in [9.17, 15) is 0 Å². The van der Waals surface area contributed by atoms with E-state index in [0.29, 0.717) is 6.61 Å². The lowest BCUT2D eigenvalue weighted by Crippen LogP contribution is -1.99. The van der Waals surface area contributed by atoms with Gasteiger partial charge in [-0.25, -0.2) is 0 Å². The van der Waals surface area contributed by atoms with Crippen LogP contribution in [0, 0.1) is 0 Å². The summed E-state index contributed by atoms with van der Waals surface area (Å²) in [5, 5.41) is 0.744. The number of methoxy groups -OCH3 is 1. The van der Waals surface area contributed by atoms with Gasteiger partial charge in [0.15, 0.2) is 11.5 Å². The van der Waals surface area contributed by atoms with Crippen molar-refractivity contribution in [2.75, 3.05) is 7.11 Å². The van der Waals surface area contributed by atoms with Crippen LogP contribution in [-0.4, -0.2) is 7.11 Å². The third-order valence-corrected chi connectivity index (χ3v) is 4.61. The maximum atomic E-state index is 5.88. The predicted molar refractivity (Wildman–Crippen MR) is 82.0 cm³/mol. The molecule has 0 saturated heterocycles. The Kier molecular flexibility index (Phi) is 5.09. The first-order valence-electron chi connectivity index (χ1n) is 5.33. The van der Waals surface area contributed by atoms with E-state index in [0.717, 1.165) is 26.2 Å². The molecule has 0 saturated carbocycles. The van der Waals surface area contributed by atoms with Crippen LogP contribution in [0.3, 0.4) is 0 Å². The minimum Gasteiger partial charge on any atom is -0.493 e. The summed E-state index contributed by atoms with van der Waals surface area (Å²) in [4.78, 5) is 1.17. The molecule has 0 atom stereocenters. The van der Waals surface area contributed by atoms with Crippen molar-refractivity contribution in [1.82, 2.24) is 0 Å². The van der Waals surface area contributed by atoms with Gasteiger partial charge in [-0.15, -0.1) is 11.3 Å². The summed E-state index contributed by atoms with van der Waals surface area (Å²) in [5.41, 5.74) is 1.09. The Bertz CT molecular complexity index is 503. The van der Waals surface area contributed by atoms with Crippen molar-refractivity contribution >= 4 is 43.2 Å². The van der Waals surface area contributed by atoms with Gasteiger partial charge in [0.05, 0.1) is 10.9 Å². The van der Waals surface area contributed by atoms with Crippen molar-refractivity contribution in [2.45, 2.75) is 11.9 Å². The highest BCUT2D eigenvalue weighted by Crippen LogP contribution is 2.33. The molecular formula is C13H12Br2O2S. The molecule has 0 radical (unpaired) electrons. The summed E-state index contributed by atoms with van der Waals surface area (Å²) in [6, 6.07) is 9.97. The van der Waals surface area contributed by atoms with Crippen molar-refractivity contribution in [3.05, 3.63) is 44.6 Å². The first-order valence-corrected chi connectivity index (χ1v) is 8.06. The zero-order chi connectivity index (χ0) is 13.0. The predicted octanol–water partition coefficient (Wildman–Crippen LogP) is 4.99. The quantitative estimate of drug-likeness (QED) is 0.668. The first-order chi connectivity index (χ1) is 8.74. The number of para-hydroxylation sites is 1. The van der Waals surface area contributed by atoms with E-state index in [1.807, 2.05) is 24.3 Å². The van der Waals surface area contributed by atoms with E-state index in [1.165, 1.54) is 4.88 Å². The molecule has 2 nitrogen and oxygen atoms in total.